The number of nitrogens with one attached hydrogen (secondary N) is 1. The van der Waals surface area contributed by atoms with E-state index in [9.17, 15) is 14.4 Å². The number of allylic oxidation sites excluding steroid dienone is 1. The van der Waals surface area contributed by atoms with E-state index in [0.717, 1.165) is 32.5 Å². The van der Waals surface area contributed by atoms with E-state index in [1.54, 1.807) is 32.0 Å². The zero-order chi connectivity index (χ0) is 27.2. The number of benzene rings is 2. The van der Waals surface area contributed by atoms with Gasteiger partial charge in [-0.05, 0) is 49.9 Å². The van der Waals surface area contributed by atoms with Crippen LogP contribution in [0.1, 0.15) is 50.2 Å². The molecule has 0 radical (unpaired) electrons. The molecule has 0 bridgehead atoms. The quantitative estimate of drug-likeness (QED) is 0.465. The van der Waals surface area contributed by atoms with Crippen LogP contribution in [-0.4, -0.2) is 59.9 Å². The van der Waals surface area contributed by atoms with Crippen LogP contribution in [-0.2, 0) is 25.7 Å². The molecule has 4 rings (SSSR count). The molecule has 1 fully saturated rings. The maximum Gasteiger partial charge on any atom is 0.336 e. The number of rotatable bonds is 8. The number of carbonyl (C=O) groups excluding carboxylic acids is 3. The van der Waals surface area contributed by atoms with Gasteiger partial charge in [0.1, 0.15) is 6.54 Å². The van der Waals surface area contributed by atoms with Crippen molar-refractivity contribution in [1.82, 2.24) is 15.1 Å². The van der Waals surface area contributed by atoms with Crippen LogP contribution in [0.3, 0.4) is 0 Å². The summed E-state index contributed by atoms with van der Waals surface area (Å²) < 4.78 is 5.32. The van der Waals surface area contributed by atoms with Gasteiger partial charge in [-0.2, -0.15) is 0 Å². The summed E-state index contributed by atoms with van der Waals surface area (Å²) in [7, 11) is 0. The van der Waals surface area contributed by atoms with Crippen molar-refractivity contribution in [3.8, 4) is 0 Å². The normalized spacial score (nSPS) is 19.0. The van der Waals surface area contributed by atoms with Gasteiger partial charge in [0, 0.05) is 43.7 Å². The first kappa shape index (κ1) is 28.1. The third kappa shape index (κ3) is 6.76. The standard InChI is InChI=1S/C29H33Cl2N3O4/c1-3-38-29(37)28-19(2)34(27(36)16-23(28)21-9-10-24(30)25(31)15-21)18-26(35)32-22-11-13-33(14-12-22)17-20-7-5-4-6-8-20/h4-10,15,22-23H,3,11-14,16-18H2,1-2H3,(H,32,35). The topological polar surface area (TPSA) is 79.0 Å². The molecule has 202 valence electrons. The summed E-state index contributed by atoms with van der Waals surface area (Å²) in [5.41, 5.74) is 2.74. The summed E-state index contributed by atoms with van der Waals surface area (Å²) in [6, 6.07) is 15.5. The van der Waals surface area contributed by atoms with Crippen LogP contribution in [0.4, 0.5) is 0 Å². The Morgan fingerprint density at radius 3 is 2.42 bits per heavy atom. The van der Waals surface area contributed by atoms with Gasteiger partial charge in [-0.1, -0.05) is 59.6 Å². The maximum absolute atomic E-state index is 13.2. The Balaban J connectivity index is 1.42. The van der Waals surface area contributed by atoms with Crippen LogP contribution < -0.4 is 5.32 Å². The van der Waals surface area contributed by atoms with Crippen molar-refractivity contribution in [3.05, 3.63) is 81.0 Å². The van der Waals surface area contributed by atoms with E-state index in [1.807, 2.05) is 18.2 Å². The predicted molar refractivity (Wildman–Crippen MR) is 148 cm³/mol. The highest BCUT2D eigenvalue weighted by molar-refractivity contribution is 6.42. The molecule has 2 aliphatic heterocycles. The molecule has 0 saturated carbocycles. The molecule has 2 aliphatic rings. The van der Waals surface area contributed by atoms with E-state index in [1.165, 1.54) is 10.5 Å². The van der Waals surface area contributed by atoms with Crippen molar-refractivity contribution < 1.29 is 19.1 Å². The summed E-state index contributed by atoms with van der Waals surface area (Å²) >= 11 is 12.3. The molecular formula is C29H33Cl2N3O4. The molecule has 2 amide bonds. The summed E-state index contributed by atoms with van der Waals surface area (Å²) in [6.45, 7) is 6.13. The average Bonchev–Trinajstić information content (AvgIpc) is 2.89. The molecule has 0 aliphatic carbocycles. The van der Waals surface area contributed by atoms with Gasteiger partial charge in [-0.3, -0.25) is 14.5 Å². The van der Waals surface area contributed by atoms with Crippen LogP contribution >= 0.6 is 23.2 Å². The second-order valence-electron chi connectivity index (χ2n) is 9.73. The van der Waals surface area contributed by atoms with Crippen molar-refractivity contribution in [2.24, 2.45) is 0 Å². The number of nitrogens with zero attached hydrogens (tertiary/aromatic N) is 2. The fourth-order valence-electron chi connectivity index (χ4n) is 5.18. The summed E-state index contributed by atoms with van der Waals surface area (Å²) in [5.74, 6) is -1.52. The maximum atomic E-state index is 13.2. The molecule has 2 aromatic carbocycles. The first-order valence-electron chi connectivity index (χ1n) is 13.0. The zero-order valence-electron chi connectivity index (χ0n) is 21.7. The van der Waals surface area contributed by atoms with Crippen LogP contribution in [0.2, 0.25) is 10.0 Å². The third-order valence-electron chi connectivity index (χ3n) is 7.17. The SMILES string of the molecule is CCOC(=O)C1=C(C)N(CC(=O)NC2CCN(Cc3ccccc3)CC2)C(=O)CC1c1ccc(Cl)c(Cl)c1. The first-order valence-corrected chi connectivity index (χ1v) is 13.7. The van der Waals surface area contributed by atoms with Crippen LogP contribution in [0.5, 0.6) is 0 Å². The average molecular weight is 559 g/mol. The molecule has 1 atom stereocenters. The minimum atomic E-state index is -0.537. The highest BCUT2D eigenvalue weighted by Crippen LogP contribution is 2.39. The fourth-order valence-corrected chi connectivity index (χ4v) is 5.49. The Labute approximate surface area is 233 Å². The summed E-state index contributed by atoms with van der Waals surface area (Å²) in [4.78, 5) is 42.9. The minimum Gasteiger partial charge on any atom is -0.463 e. The van der Waals surface area contributed by atoms with E-state index < -0.39 is 11.9 Å². The smallest absolute Gasteiger partial charge is 0.336 e. The van der Waals surface area contributed by atoms with Crippen molar-refractivity contribution in [2.75, 3.05) is 26.2 Å². The molecule has 9 heteroatoms. The number of hydrogen-bond donors (Lipinski definition) is 1. The Bertz CT molecular complexity index is 1210. The number of piperidine rings is 1. The van der Waals surface area contributed by atoms with Crippen molar-refractivity contribution in [3.63, 3.8) is 0 Å². The van der Waals surface area contributed by atoms with Gasteiger partial charge in [0.15, 0.2) is 0 Å². The van der Waals surface area contributed by atoms with Gasteiger partial charge >= 0.3 is 5.97 Å². The molecule has 1 N–H and O–H groups in total. The van der Waals surface area contributed by atoms with E-state index in [0.29, 0.717) is 26.9 Å². The Morgan fingerprint density at radius 2 is 1.76 bits per heavy atom. The van der Waals surface area contributed by atoms with E-state index >= 15 is 0 Å². The molecule has 0 aromatic heterocycles. The highest BCUT2D eigenvalue weighted by atomic mass is 35.5. The van der Waals surface area contributed by atoms with Crippen molar-refractivity contribution >= 4 is 41.0 Å². The van der Waals surface area contributed by atoms with Crippen LogP contribution in [0, 0.1) is 0 Å². The Morgan fingerprint density at radius 1 is 1.05 bits per heavy atom. The van der Waals surface area contributed by atoms with Gasteiger partial charge in [-0.15, -0.1) is 0 Å². The Hall–Kier alpha value is -2.87. The molecule has 38 heavy (non-hydrogen) atoms. The lowest BCUT2D eigenvalue weighted by Crippen LogP contribution is -2.49. The molecular weight excluding hydrogens is 525 g/mol. The van der Waals surface area contributed by atoms with Gasteiger partial charge in [-0.25, -0.2) is 4.79 Å². The second kappa shape index (κ2) is 12.8. The molecule has 1 saturated heterocycles. The number of esters is 1. The second-order valence-corrected chi connectivity index (χ2v) is 10.5. The van der Waals surface area contributed by atoms with Gasteiger partial charge in [0.2, 0.25) is 11.8 Å². The lowest BCUT2D eigenvalue weighted by atomic mass is 9.83. The van der Waals surface area contributed by atoms with Gasteiger partial charge < -0.3 is 15.0 Å². The van der Waals surface area contributed by atoms with E-state index in [4.69, 9.17) is 27.9 Å². The lowest BCUT2D eigenvalue weighted by Gasteiger charge is -2.35. The van der Waals surface area contributed by atoms with Gasteiger partial charge in [0.25, 0.3) is 0 Å². The van der Waals surface area contributed by atoms with Crippen LogP contribution in [0.25, 0.3) is 0 Å². The highest BCUT2D eigenvalue weighted by Gasteiger charge is 2.38. The van der Waals surface area contributed by atoms with Gasteiger partial charge in [0.05, 0.1) is 22.2 Å². The molecule has 1 unspecified atom stereocenters. The lowest BCUT2D eigenvalue weighted by molar-refractivity contribution is -0.141. The number of ether oxygens (including phenoxy) is 1. The minimum absolute atomic E-state index is 0.0224. The summed E-state index contributed by atoms with van der Waals surface area (Å²) in [5, 5.41) is 3.82. The first-order chi connectivity index (χ1) is 18.3. The predicted octanol–water partition coefficient (Wildman–Crippen LogP) is 4.93. The number of hydrogen-bond acceptors (Lipinski definition) is 5. The Kier molecular flexibility index (Phi) is 9.47. The monoisotopic (exact) mass is 557 g/mol. The van der Waals surface area contributed by atoms with E-state index in [-0.39, 0.29) is 37.4 Å². The number of carbonyl (C=O) groups is 3. The van der Waals surface area contributed by atoms with Crippen molar-refractivity contribution in [2.45, 2.75) is 51.6 Å². The number of amides is 2. The van der Waals surface area contributed by atoms with Crippen LogP contribution in [0.15, 0.2) is 59.8 Å². The number of likely N-dealkylation sites (tertiary alicyclic amines) is 1. The molecule has 2 aromatic rings. The molecule has 2 heterocycles. The number of halogens is 2. The molecule has 7 nitrogen and oxygen atoms in total. The largest absolute Gasteiger partial charge is 0.463 e. The third-order valence-corrected chi connectivity index (χ3v) is 7.91. The van der Waals surface area contributed by atoms with E-state index in [2.05, 4.69) is 22.3 Å². The fraction of sp³-hybridized carbons (Fsp3) is 0.414. The zero-order valence-corrected chi connectivity index (χ0v) is 23.2. The molecule has 0 spiro atoms. The van der Waals surface area contributed by atoms with Crippen molar-refractivity contribution in [1.29, 1.82) is 0 Å². The summed E-state index contributed by atoms with van der Waals surface area (Å²) in [6.07, 6.45) is 1.71.